The number of hydrogen-bond acceptors (Lipinski definition) is 2. The summed E-state index contributed by atoms with van der Waals surface area (Å²) in [6.45, 7) is 1.81. The molecular weight excluding hydrogens is 194 g/mol. The van der Waals surface area contributed by atoms with Gasteiger partial charge in [-0.25, -0.2) is 0 Å². The number of rotatable bonds is 4. The smallest absolute Gasteiger partial charge is 0.190 e. The summed E-state index contributed by atoms with van der Waals surface area (Å²) in [5.41, 5.74) is 7.03. The monoisotopic (exact) mass is 209 g/mol. The van der Waals surface area contributed by atoms with Crippen molar-refractivity contribution in [3.63, 3.8) is 0 Å². The van der Waals surface area contributed by atoms with Crippen LogP contribution in [0.5, 0.6) is 0 Å². The molecule has 14 heavy (non-hydrogen) atoms. The van der Waals surface area contributed by atoms with Crippen molar-refractivity contribution in [3.05, 3.63) is 35.9 Å². The minimum atomic E-state index is -0.196. The van der Waals surface area contributed by atoms with E-state index in [4.69, 9.17) is 5.73 Å². The molecule has 0 aliphatic rings. The molecule has 2 N–H and O–H groups in total. The van der Waals surface area contributed by atoms with Crippen LogP contribution in [-0.4, -0.2) is 11.2 Å². The summed E-state index contributed by atoms with van der Waals surface area (Å²) in [5.74, 6) is -0.196. The molecule has 0 amide bonds. The lowest BCUT2D eigenvalue weighted by atomic mass is 9.97. The van der Waals surface area contributed by atoms with Crippen molar-refractivity contribution in [1.82, 2.24) is 0 Å². The molecule has 0 unspecified atom stereocenters. The van der Waals surface area contributed by atoms with Crippen molar-refractivity contribution in [2.75, 3.05) is 0 Å². The van der Waals surface area contributed by atoms with Crippen LogP contribution in [0.1, 0.15) is 12.5 Å². The molecule has 1 rings (SSSR count). The number of hydrogen-bond donors (Lipinski definition) is 2. The van der Waals surface area contributed by atoms with Gasteiger partial charge in [0.1, 0.15) is 0 Å². The zero-order valence-corrected chi connectivity index (χ0v) is 9.08. The molecular formula is C11H15NOS. The summed E-state index contributed by atoms with van der Waals surface area (Å²) in [6.07, 6.45) is 0.717. The van der Waals surface area contributed by atoms with Crippen LogP contribution in [0.3, 0.4) is 0 Å². The first kappa shape index (κ1) is 11.3. The van der Waals surface area contributed by atoms with E-state index in [9.17, 15) is 4.79 Å². The van der Waals surface area contributed by atoms with Gasteiger partial charge in [-0.05, 0) is 12.0 Å². The second kappa shape index (κ2) is 5.17. The van der Waals surface area contributed by atoms with E-state index in [-0.39, 0.29) is 17.1 Å². The average Bonchev–Trinajstić information content (AvgIpc) is 2.18. The summed E-state index contributed by atoms with van der Waals surface area (Å²) < 4.78 is 0. The molecule has 0 heterocycles. The Morgan fingerprint density at radius 3 is 2.50 bits per heavy atom. The second-order valence-corrected chi connectivity index (χ2v) is 3.92. The van der Waals surface area contributed by atoms with Crippen LogP contribution in [0.15, 0.2) is 30.3 Å². The Kier molecular flexibility index (Phi) is 4.17. The number of nitrogens with two attached hydrogens (primary N) is 1. The van der Waals surface area contributed by atoms with Crippen LogP contribution < -0.4 is 5.73 Å². The van der Waals surface area contributed by atoms with Gasteiger partial charge in [-0.15, -0.1) is 12.6 Å². The van der Waals surface area contributed by atoms with Gasteiger partial charge in [0.15, 0.2) is 5.12 Å². The molecule has 0 fully saturated rings. The van der Waals surface area contributed by atoms with Gasteiger partial charge in [-0.3, -0.25) is 4.79 Å². The molecule has 0 aliphatic heterocycles. The number of carbonyl (C=O) groups is 1. The highest BCUT2D eigenvalue weighted by Crippen LogP contribution is 2.10. The Hall–Kier alpha value is -0.800. The summed E-state index contributed by atoms with van der Waals surface area (Å²) in [5, 5.41) is -0.145. The second-order valence-electron chi connectivity index (χ2n) is 3.48. The average molecular weight is 209 g/mol. The molecule has 0 aromatic heterocycles. The lowest BCUT2D eigenvalue weighted by Crippen LogP contribution is -2.33. The van der Waals surface area contributed by atoms with E-state index in [0.29, 0.717) is 6.42 Å². The number of benzene rings is 1. The third-order valence-electron chi connectivity index (χ3n) is 2.35. The standard InChI is InChI=1S/C11H15NOS/c1-8(11(13)14)10(12)7-9-5-3-2-4-6-9/h2-6,8,10H,7,12H2,1H3,(H,13,14)/t8-,10+/m1/s1. The van der Waals surface area contributed by atoms with E-state index in [1.54, 1.807) is 0 Å². The quantitative estimate of drug-likeness (QED) is 0.740. The maximum absolute atomic E-state index is 11.0. The minimum Gasteiger partial charge on any atom is -0.327 e. The van der Waals surface area contributed by atoms with Crippen molar-refractivity contribution >= 4 is 17.7 Å². The van der Waals surface area contributed by atoms with Gasteiger partial charge < -0.3 is 5.73 Å². The first-order valence-electron chi connectivity index (χ1n) is 4.63. The van der Waals surface area contributed by atoms with Gasteiger partial charge in [0.25, 0.3) is 0 Å². The van der Waals surface area contributed by atoms with Crippen LogP contribution in [0.25, 0.3) is 0 Å². The molecule has 1 aromatic carbocycles. The SMILES string of the molecule is C[C@@H](C(=O)S)[C@@H](N)Cc1ccccc1. The largest absolute Gasteiger partial charge is 0.327 e. The number of thiol groups is 1. The fraction of sp³-hybridized carbons (Fsp3) is 0.364. The molecule has 2 nitrogen and oxygen atoms in total. The topological polar surface area (TPSA) is 43.1 Å². The predicted molar refractivity (Wildman–Crippen MR) is 61.3 cm³/mol. The molecule has 1 aromatic rings. The highest BCUT2D eigenvalue weighted by Gasteiger charge is 2.17. The molecule has 0 saturated heterocycles. The Morgan fingerprint density at radius 1 is 1.43 bits per heavy atom. The predicted octanol–water partition coefficient (Wildman–Crippen LogP) is 1.65. The zero-order chi connectivity index (χ0) is 10.6. The van der Waals surface area contributed by atoms with Crippen LogP contribution in [0.4, 0.5) is 0 Å². The fourth-order valence-corrected chi connectivity index (χ4v) is 1.44. The molecule has 0 saturated carbocycles. The molecule has 3 heteroatoms. The third kappa shape index (κ3) is 3.16. The maximum Gasteiger partial charge on any atom is 0.190 e. The van der Waals surface area contributed by atoms with Crippen molar-refractivity contribution < 1.29 is 4.79 Å². The Balaban J connectivity index is 2.57. The number of carbonyl (C=O) groups excluding carboxylic acids is 1. The van der Waals surface area contributed by atoms with Crippen LogP contribution in [0.2, 0.25) is 0 Å². The van der Waals surface area contributed by atoms with Gasteiger partial charge in [-0.1, -0.05) is 37.3 Å². The van der Waals surface area contributed by atoms with Gasteiger partial charge in [0, 0.05) is 12.0 Å². The van der Waals surface area contributed by atoms with Crippen LogP contribution >= 0.6 is 12.6 Å². The van der Waals surface area contributed by atoms with E-state index in [1.807, 2.05) is 37.3 Å². The summed E-state index contributed by atoms with van der Waals surface area (Å²) in [4.78, 5) is 11.0. The van der Waals surface area contributed by atoms with E-state index >= 15 is 0 Å². The normalized spacial score (nSPS) is 14.8. The van der Waals surface area contributed by atoms with Crippen molar-refractivity contribution in [2.45, 2.75) is 19.4 Å². The highest BCUT2D eigenvalue weighted by molar-refractivity contribution is 7.96. The van der Waals surface area contributed by atoms with Crippen molar-refractivity contribution in [3.8, 4) is 0 Å². The molecule has 0 spiro atoms. The summed E-state index contributed by atoms with van der Waals surface area (Å²) in [6, 6.07) is 9.76. The van der Waals surface area contributed by atoms with Gasteiger partial charge in [0.2, 0.25) is 0 Å². The molecule has 2 atom stereocenters. The first-order chi connectivity index (χ1) is 6.61. The van der Waals surface area contributed by atoms with E-state index in [0.717, 1.165) is 5.56 Å². The Morgan fingerprint density at radius 2 is 2.00 bits per heavy atom. The van der Waals surface area contributed by atoms with Gasteiger partial charge in [0.05, 0.1) is 0 Å². The maximum atomic E-state index is 11.0. The molecule has 0 bridgehead atoms. The first-order valence-corrected chi connectivity index (χ1v) is 5.08. The lowest BCUT2D eigenvalue weighted by Gasteiger charge is -2.16. The van der Waals surface area contributed by atoms with Gasteiger partial charge >= 0.3 is 0 Å². The molecule has 0 aliphatic carbocycles. The molecule has 0 radical (unpaired) electrons. The van der Waals surface area contributed by atoms with Crippen LogP contribution in [-0.2, 0) is 11.2 Å². The van der Waals surface area contributed by atoms with Crippen molar-refractivity contribution in [2.24, 2.45) is 11.7 Å². The summed E-state index contributed by atoms with van der Waals surface area (Å²) >= 11 is 3.78. The highest BCUT2D eigenvalue weighted by atomic mass is 32.1. The fourth-order valence-electron chi connectivity index (χ4n) is 1.25. The minimum absolute atomic E-state index is 0.145. The van der Waals surface area contributed by atoms with Gasteiger partial charge in [-0.2, -0.15) is 0 Å². The Bertz CT molecular complexity index is 299. The summed E-state index contributed by atoms with van der Waals surface area (Å²) in [7, 11) is 0. The molecule has 76 valence electrons. The third-order valence-corrected chi connectivity index (χ3v) is 2.75. The zero-order valence-electron chi connectivity index (χ0n) is 8.18. The van der Waals surface area contributed by atoms with Crippen LogP contribution in [0, 0.1) is 5.92 Å². The van der Waals surface area contributed by atoms with E-state index in [2.05, 4.69) is 12.6 Å². The van der Waals surface area contributed by atoms with Crippen molar-refractivity contribution in [1.29, 1.82) is 0 Å². The Labute approximate surface area is 89.9 Å². The lowest BCUT2D eigenvalue weighted by molar-refractivity contribution is -0.114. The van der Waals surface area contributed by atoms with E-state index in [1.165, 1.54) is 0 Å². The van der Waals surface area contributed by atoms with E-state index < -0.39 is 0 Å².